The highest BCUT2D eigenvalue weighted by Gasteiger charge is 2.24. The largest absolute Gasteiger partial charge is 0.378 e. The van der Waals surface area contributed by atoms with E-state index in [0.717, 1.165) is 59.4 Å². The molecule has 1 aliphatic rings. The highest BCUT2D eigenvalue weighted by Crippen LogP contribution is 2.31. The number of carbonyl (C=O) groups is 1. The molecule has 0 saturated carbocycles. The topological polar surface area (TPSA) is 50.1 Å². The lowest BCUT2D eigenvalue weighted by atomic mass is 10.1. The predicted molar refractivity (Wildman–Crippen MR) is 123 cm³/mol. The zero-order valence-corrected chi connectivity index (χ0v) is 18.7. The van der Waals surface area contributed by atoms with Crippen LogP contribution in [-0.4, -0.2) is 64.4 Å². The molecule has 0 aliphatic carbocycles. The second-order valence-corrected chi connectivity index (χ2v) is 8.94. The van der Waals surface area contributed by atoms with Crippen molar-refractivity contribution in [2.24, 2.45) is 0 Å². The number of para-hydroxylation sites is 1. The third-order valence-corrected chi connectivity index (χ3v) is 6.65. The fourth-order valence-electron chi connectivity index (χ4n) is 3.71. The Kier molecular flexibility index (Phi) is 6.32. The van der Waals surface area contributed by atoms with E-state index in [1.807, 2.05) is 54.2 Å². The van der Waals surface area contributed by atoms with Gasteiger partial charge in [-0.05, 0) is 42.8 Å². The first-order chi connectivity index (χ1) is 14.5. The number of morpholine rings is 1. The van der Waals surface area contributed by atoms with E-state index >= 15 is 0 Å². The number of hydrogen-bond acceptors (Lipinski definition) is 5. The number of nitrogens with one attached hydrogen (secondary N) is 1. The van der Waals surface area contributed by atoms with E-state index in [1.165, 1.54) is 4.90 Å². The number of nitrogens with zero attached hydrogens (tertiary/aromatic N) is 3. The van der Waals surface area contributed by atoms with Gasteiger partial charge in [-0.3, -0.25) is 9.69 Å². The minimum atomic E-state index is 0.00433. The Balaban J connectivity index is 1.63. The molecular formula is C23H29N4O2S+. The Morgan fingerprint density at radius 2 is 1.87 bits per heavy atom. The molecule has 4 rings (SSSR count). The first-order valence-corrected chi connectivity index (χ1v) is 11.2. The lowest BCUT2D eigenvalue weighted by Crippen LogP contribution is -3.14. The summed E-state index contributed by atoms with van der Waals surface area (Å²) in [5.41, 5.74) is 3.88. The molecular weight excluding hydrogens is 396 g/mol. The summed E-state index contributed by atoms with van der Waals surface area (Å²) in [6, 6.07) is 14.0. The molecule has 1 fully saturated rings. The molecule has 2 aromatic carbocycles. The van der Waals surface area contributed by atoms with Crippen LogP contribution in [0.4, 0.5) is 10.8 Å². The maximum atomic E-state index is 13.5. The summed E-state index contributed by atoms with van der Waals surface area (Å²) in [6.07, 6.45) is 0. The van der Waals surface area contributed by atoms with Gasteiger partial charge in [0.25, 0.3) is 5.91 Å². The highest BCUT2D eigenvalue weighted by molar-refractivity contribution is 7.22. The number of aryl methyl sites for hydroxylation is 1. The molecule has 158 valence electrons. The standard InChI is InChI=1S/C23H28N4O2S/c1-17-5-4-6-20-21(17)24-23(30-20)27(12-11-26-13-15-29-16-14-26)22(28)18-7-9-19(10-8-18)25(2)3/h4-10H,11-16H2,1-3H3/p+1. The Labute approximate surface area is 181 Å². The second-order valence-electron chi connectivity index (χ2n) is 7.93. The van der Waals surface area contributed by atoms with Crippen LogP contribution in [0.1, 0.15) is 15.9 Å². The van der Waals surface area contributed by atoms with Crippen molar-refractivity contribution in [1.29, 1.82) is 0 Å². The molecule has 0 bridgehead atoms. The minimum absolute atomic E-state index is 0.00433. The SMILES string of the molecule is Cc1cccc2sc(N(CC[NH+]3CCOCC3)C(=O)c3ccc(N(C)C)cc3)nc12. The van der Waals surface area contributed by atoms with Crippen LogP contribution in [0.2, 0.25) is 0 Å². The number of ether oxygens (including phenoxy) is 1. The lowest BCUT2D eigenvalue weighted by molar-refractivity contribution is -0.906. The van der Waals surface area contributed by atoms with E-state index in [9.17, 15) is 4.79 Å². The smallest absolute Gasteiger partial charge is 0.260 e. The molecule has 1 N–H and O–H groups in total. The molecule has 2 heterocycles. The molecule has 1 saturated heterocycles. The van der Waals surface area contributed by atoms with Crippen molar-refractivity contribution in [1.82, 2.24) is 4.98 Å². The second kappa shape index (κ2) is 9.12. The molecule has 1 amide bonds. The Morgan fingerprint density at radius 3 is 2.53 bits per heavy atom. The van der Waals surface area contributed by atoms with E-state index in [4.69, 9.17) is 9.72 Å². The number of aromatic nitrogens is 1. The van der Waals surface area contributed by atoms with Crippen LogP contribution in [0.25, 0.3) is 10.2 Å². The van der Waals surface area contributed by atoms with Gasteiger partial charge in [0.1, 0.15) is 13.1 Å². The Hall–Kier alpha value is -2.48. The predicted octanol–water partition coefficient (Wildman–Crippen LogP) is 2.23. The zero-order chi connectivity index (χ0) is 21.1. The monoisotopic (exact) mass is 425 g/mol. The van der Waals surface area contributed by atoms with Crippen LogP contribution in [-0.2, 0) is 4.74 Å². The van der Waals surface area contributed by atoms with Gasteiger partial charge in [0.05, 0.1) is 36.5 Å². The number of carbonyl (C=O) groups excluding carboxylic acids is 1. The molecule has 30 heavy (non-hydrogen) atoms. The molecule has 0 atom stereocenters. The van der Waals surface area contributed by atoms with Crippen LogP contribution < -0.4 is 14.7 Å². The number of fused-ring (bicyclic) bond motifs is 1. The number of rotatable bonds is 6. The van der Waals surface area contributed by atoms with E-state index in [2.05, 4.69) is 19.1 Å². The van der Waals surface area contributed by atoms with Crippen molar-refractivity contribution in [2.45, 2.75) is 6.92 Å². The van der Waals surface area contributed by atoms with E-state index in [0.29, 0.717) is 12.1 Å². The summed E-state index contributed by atoms with van der Waals surface area (Å²) in [4.78, 5) is 23.7. The van der Waals surface area contributed by atoms with Gasteiger partial charge in [-0.15, -0.1) is 0 Å². The van der Waals surface area contributed by atoms with Gasteiger partial charge < -0.3 is 14.5 Å². The number of thiazole rings is 1. The number of quaternary nitrogens is 1. The third kappa shape index (κ3) is 4.48. The molecule has 3 aromatic rings. The molecule has 0 radical (unpaired) electrons. The average molecular weight is 426 g/mol. The number of benzene rings is 2. The summed E-state index contributed by atoms with van der Waals surface area (Å²) in [5, 5.41) is 0.772. The van der Waals surface area contributed by atoms with Crippen LogP contribution >= 0.6 is 11.3 Å². The molecule has 6 nitrogen and oxygen atoms in total. The summed E-state index contributed by atoms with van der Waals surface area (Å²) >= 11 is 1.59. The minimum Gasteiger partial charge on any atom is -0.378 e. The van der Waals surface area contributed by atoms with Gasteiger partial charge in [-0.1, -0.05) is 23.5 Å². The molecule has 1 aliphatic heterocycles. The molecule has 0 unspecified atom stereocenters. The average Bonchev–Trinajstić information content (AvgIpc) is 3.20. The number of hydrogen-bond donors (Lipinski definition) is 1. The van der Waals surface area contributed by atoms with Gasteiger partial charge >= 0.3 is 0 Å². The maximum Gasteiger partial charge on any atom is 0.260 e. The fraction of sp³-hybridized carbons (Fsp3) is 0.391. The van der Waals surface area contributed by atoms with Crippen molar-refractivity contribution < 1.29 is 14.4 Å². The summed E-state index contributed by atoms with van der Waals surface area (Å²) < 4.78 is 6.59. The first-order valence-electron chi connectivity index (χ1n) is 10.4. The van der Waals surface area contributed by atoms with Crippen molar-refractivity contribution in [3.05, 3.63) is 53.6 Å². The fourth-order valence-corrected chi connectivity index (χ4v) is 4.78. The van der Waals surface area contributed by atoms with Crippen molar-refractivity contribution in [3.8, 4) is 0 Å². The van der Waals surface area contributed by atoms with Crippen LogP contribution in [0.15, 0.2) is 42.5 Å². The van der Waals surface area contributed by atoms with Gasteiger partial charge in [-0.2, -0.15) is 0 Å². The molecule has 7 heteroatoms. The maximum absolute atomic E-state index is 13.5. The van der Waals surface area contributed by atoms with Crippen LogP contribution in [0.5, 0.6) is 0 Å². The van der Waals surface area contributed by atoms with Crippen LogP contribution in [0.3, 0.4) is 0 Å². The Morgan fingerprint density at radius 1 is 1.13 bits per heavy atom. The van der Waals surface area contributed by atoms with Gasteiger partial charge in [0.15, 0.2) is 5.13 Å². The van der Waals surface area contributed by atoms with E-state index in [1.54, 1.807) is 11.3 Å². The van der Waals surface area contributed by atoms with Gasteiger partial charge in [0, 0.05) is 25.3 Å². The van der Waals surface area contributed by atoms with E-state index < -0.39 is 0 Å². The van der Waals surface area contributed by atoms with Crippen molar-refractivity contribution >= 4 is 38.3 Å². The van der Waals surface area contributed by atoms with Gasteiger partial charge in [0.2, 0.25) is 0 Å². The summed E-state index contributed by atoms with van der Waals surface area (Å²) in [7, 11) is 4.00. The first kappa shape index (κ1) is 20.8. The number of anilines is 2. The van der Waals surface area contributed by atoms with Crippen molar-refractivity contribution in [2.75, 3.05) is 63.3 Å². The zero-order valence-electron chi connectivity index (χ0n) is 17.9. The summed E-state index contributed by atoms with van der Waals surface area (Å²) in [5.74, 6) is 0.00433. The quantitative estimate of drug-likeness (QED) is 0.658. The highest BCUT2D eigenvalue weighted by atomic mass is 32.1. The summed E-state index contributed by atoms with van der Waals surface area (Å²) in [6.45, 7) is 7.14. The molecule has 1 aromatic heterocycles. The molecule has 0 spiro atoms. The van der Waals surface area contributed by atoms with Gasteiger partial charge in [-0.25, -0.2) is 4.98 Å². The Bertz CT molecular complexity index is 1010. The van der Waals surface area contributed by atoms with E-state index in [-0.39, 0.29) is 5.91 Å². The van der Waals surface area contributed by atoms with Crippen LogP contribution in [0, 0.1) is 6.92 Å². The lowest BCUT2D eigenvalue weighted by Gasteiger charge is -2.27. The van der Waals surface area contributed by atoms with Crippen molar-refractivity contribution in [3.63, 3.8) is 0 Å². The normalized spacial score (nSPS) is 14.8. The number of amides is 1. The third-order valence-electron chi connectivity index (χ3n) is 5.61.